The number of aryl methyl sites for hydroxylation is 1. The van der Waals surface area contributed by atoms with Crippen LogP contribution in [0.5, 0.6) is 17.4 Å². The van der Waals surface area contributed by atoms with Gasteiger partial charge in [-0.15, -0.1) is 0 Å². The van der Waals surface area contributed by atoms with Gasteiger partial charge in [0.05, 0.1) is 5.52 Å². The molecule has 2 aromatic carbocycles. The van der Waals surface area contributed by atoms with Crippen LogP contribution in [0.15, 0.2) is 84.0 Å². The first-order chi connectivity index (χ1) is 13.5. The Morgan fingerprint density at radius 3 is 2.39 bits per heavy atom. The second kappa shape index (κ2) is 7.28. The Morgan fingerprint density at radius 2 is 1.64 bits per heavy atom. The highest BCUT2D eigenvalue weighted by Gasteiger charge is 2.20. The maximum atomic E-state index is 12.8. The second-order valence-corrected chi connectivity index (χ2v) is 7.63. The van der Waals surface area contributed by atoms with Gasteiger partial charge in [0.1, 0.15) is 16.4 Å². The van der Waals surface area contributed by atoms with E-state index in [1.54, 1.807) is 42.7 Å². The number of ether oxygens (including phenoxy) is 1. The molecule has 0 aliphatic heterocycles. The van der Waals surface area contributed by atoms with E-state index >= 15 is 0 Å². The molecule has 4 rings (SSSR count). The number of para-hydroxylation sites is 1. The Kier molecular flexibility index (Phi) is 4.67. The first-order valence-corrected chi connectivity index (χ1v) is 9.91. The number of nitrogens with zero attached hydrogens (tertiary/aromatic N) is 2. The van der Waals surface area contributed by atoms with Crippen molar-refractivity contribution in [3.63, 3.8) is 0 Å². The van der Waals surface area contributed by atoms with Gasteiger partial charge in [-0.3, -0.25) is 4.98 Å². The van der Waals surface area contributed by atoms with Crippen LogP contribution in [0.2, 0.25) is 0 Å². The van der Waals surface area contributed by atoms with E-state index in [2.05, 4.69) is 9.97 Å². The molecule has 28 heavy (non-hydrogen) atoms. The molecule has 2 heterocycles. The Balaban J connectivity index is 1.58. The van der Waals surface area contributed by atoms with Crippen LogP contribution in [-0.4, -0.2) is 18.4 Å². The largest absolute Gasteiger partial charge is 0.439 e. The maximum Gasteiger partial charge on any atom is 0.341 e. The van der Waals surface area contributed by atoms with E-state index in [-0.39, 0.29) is 10.6 Å². The van der Waals surface area contributed by atoms with Crippen molar-refractivity contribution in [2.75, 3.05) is 0 Å². The van der Waals surface area contributed by atoms with Crippen molar-refractivity contribution in [1.82, 2.24) is 9.97 Å². The van der Waals surface area contributed by atoms with Gasteiger partial charge in [-0.2, -0.15) is 8.42 Å². The molecule has 0 unspecified atom stereocenters. The molecule has 0 fully saturated rings. The van der Waals surface area contributed by atoms with Gasteiger partial charge in [0.2, 0.25) is 5.88 Å². The molecular weight excluding hydrogens is 376 g/mol. The molecule has 0 amide bonds. The molecule has 2 aromatic heterocycles. The highest BCUT2D eigenvalue weighted by molar-refractivity contribution is 7.87. The van der Waals surface area contributed by atoms with Gasteiger partial charge in [-0.25, -0.2) is 4.98 Å². The summed E-state index contributed by atoms with van der Waals surface area (Å²) in [5.74, 6) is 1.14. The van der Waals surface area contributed by atoms with Crippen LogP contribution < -0.4 is 8.92 Å². The lowest BCUT2D eigenvalue weighted by molar-refractivity contribution is 0.459. The molecule has 0 spiro atoms. The monoisotopic (exact) mass is 392 g/mol. The molecule has 6 nitrogen and oxygen atoms in total. The minimum Gasteiger partial charge on any atom is -0.439 e. The SMILES string of the molecule is Cc1cnc2c(S(=O)(=O)Oc3ccc(Oc4ccccn4)cc3)cccc2c1. The van der Waals surface area contributed by atoms with Crippen LogP contribution in [0.25, 0.3) is 10.9 Å². The van der Waals surface area contributed by atoms with Crippen LogP contribution in [0, 0.1) is 6.92 Å². The molecule has 0 aliphatic rings. The highest BCUT2D eigenvalue weighted by Crippen LogP contribution is 2.27. The first-order valence-electron chi connectivity index (χ1n) is 8.50. The Hall–Kier alpha value is -3.45. The van der Waals surface area contributed by atoms with Gasteiger partial charge >= 0.3 is 10.1 Å². The Bertz CT molecular complexity index is 1220. The zero-order chi connectivity index (χ0) is 19.6. The normalized spacial score (nSPS) is 11.3. The lowest BCUT2D eigenvalue weighted by atomic mass is 10.2. The summed E-state index contributed by atoms with van der Waals surface area (Å²) in [6.07, 6.45) is 3.25. The fraction of sp³-hybridized carbons (Fsp3) is 0.0476. The maximum absolute atomic E-state index is 12.8. The molecule has 0 bridgehead atoms. The molecule has 4 aromatic rings. The summed E-state index contributed by atoms with van der Waals surface area (Å²) in [4.78, 5) is 8.36. The van der Waals surface area contributed by atoms with Crippen LogP contribution in [0.3, 0.4) is 0 Å². The molecule has 7 heteroatoms. The fourth-order valence-electron chi connectivity index (χ4n) is 2.71. The molecule has 0 saturated carbocycles. The van der Waals surface area contributed by atoms with Crippen molar-refractivity contribution in [3.05, 3.63) is 84.7 Å². The minimum absolute atomic E-state index is 0.0267. The van der Waals surface area contributed by atoms with Crippen molar-refractivity contribution in [3.8, 4) is 17.4 Å². The molecule has 0 saturated heterocycles. The fourth-order valence-corrected chi connectivity index (χ4v) is 3.81. The van der Waals surface area contributed by atoms with E-state index < -0.39 is 10.1 Å². The lowest BCUT2D eigenvalue weighted by Crippen LogP contribution is -2.10. The number of hydrogen-bond donors (Lipinski definition) is 0. The molecular formula is C21H16N2O4S. The number of fused-ring (bicyclic) bond motifs is 1. The van der Waals surface area contributed by atoms with Crippen molar-refractivity contribution >= 4 is 21.0 Å². The number of aromatic nitrogens is 2. The summed E-state index contributed by atoms with van der Waals surface area (Å²) in [5.41, 5.74) is 1.33. The quantitative estimate of drug-likeness (QED) is 0.466. The van der Waals surface area contributed by atoms with E-state index in [0.29, 0.717) is 17.1 Å². The van der Waals surface area contributed by atoms with Gasteiger partial charge in [0.25, 0.3) is 0 Å². The zero-order valence-corrected chi connectivity index (χ0v) is 15.8. The summed E-state index contributed by atoms with van der Waals surface area (Å²) >= 11 is 0. The van der Waals surface area contributed by atoms with E-state index in [9.17, 15) is 8.42 Å². The summed E-state index contributed by atoms with van der Waals surface area (Å²) in [6, 6.07) is 18.5. The molecule has 140 valence electrons. The van der Waals surface area contributed by atoms with E-state index in [1.165, 1.54) is 18.2 Å². The Labute approximate surface area is 162 Å². The van der Waals surface area contributed by atoms with Crippen molar-refractivity contribution < 1.29 is 17.3 Å². The second-order valence-electron chi connectivity index (χ2n) is 6.12. The van der Waals surface area contributed by atoms with Gasteiger partial charge in [-0.1, -0.05) is 18.2 Å². The van der Waals surface area contributed by atoms with E-state index in [4.69, 9.17) is 8.92 Å². The highest BCUT2D eigenvalue weighted by atomic mass is 32.2. The minimum atomic E-state index is -4.04. The summed E-state index contributed by atoms with van der Waals surface area (Å²) < 4.78 is 36.4. The number of benzene rings is 2. The summed E-state index contributed by atoms with van der Waals surface area (Å²) in [7, 11) is -4.04. The van der Waals surface area contributed by atoms with Crippen molar-refractivity contribution in [2.45, 2.75) is 11.8 Å². The zero-order valence-electron chi connectivity index (χ0n) is 14.9. The predicted molar refractivity (Wildman–Crippen MR) is 105 cm³/mol. The average molecular weight is 392 g/mol. The summed E-state index contributed by atoms with van der Waals surface area (Å²) in [6.45, 7) is 1.90. The van der Waals surface area contributed by atoms with Crippen LogP contribution in [0.4, 0.5) is 0 Å². The smallest absolute Gasteiger partial charge is 0.341 e. The van der Waals surface area contributed by atoms with Crippen LogP contribution >= 0.6 is 0 Å². The number of hydrogen-bond acceptors (Lipinski definition) is 6. The van der Waals surface area contributed by atoms with Gasteiger partial charge in [-0.05, 0) is 55.0 Å². The first kappa shape index (κ1) is 17.9. The van der Waals surface area contributed by atoms with Crippen LogP contribution in [-0.2, 0) is 10.1 Å². The van der Waals surface area contributed by atoms with Crippen molar-refractivity contribution in [1.29, 1.82) is 0 Å². The average Bonchev–Trinajstić information content (AvgIpc) is 2.69. The van der Waals surface area contributed by atoms with Gasteiger partial charge < -0.3 is 8.92 Å². The van der Waals surface area contributed by atoms with Gasteiger partial charge in [0.15, 0.2) is 0 Å². The molecule has 0 radical (unpaired) electrons. The topological polar surface area (TPSA) is 78.4 Å². The third-order valence-electron chi connectivity index (χ3n) is 3.97. The third kappa shape index (κ3) is 3.79. The van der Waals surface area contributed by atoms with E-state index in [1.807, 2.05) is 25.1 Å². The molecule has 0 N–H and O–H groups in total. The standard InChI is InChI=1S/C21H16N2O4S/c1-15-13-16-5-4-6-19(21(16)23-14-15)28(24,25)27-18-10-8-17(9-11-18)26-20-7-2-3-12-22-20/h2-14H,1H3. The van der Waals surface area contributed by atoms with Gasteiger partial charge in [0, 0.05) is 23.8 Å². The predicted octanol–water partition coefficient (Wildman–Crippen LogP) is 4.50. The lowest BCUT2D eigenvalue weighted by Gasteiger charge is -2.10. The van der Waals surface area contributed by atoms with E-state index in [0.717, 1.165) is 10.9 Å². The summed E-state index contributed by atoms with van der Waals surface area (Å²) in [5, 5.41) is 0.740. The number of pyridine rings is 2. The number of rotatable bonds is 5. The molecule has 0 atom stereocenters. The molecule has 0 aliphatic carbocycles. The van der Waals surface area contributed by atoms with Crippen LogP contribution in [0.1, 0.15) is 5.56 Å². The third-order valence-corrected chi connectivity index (χ3v) is 5.25. The Morgan fingerprint density at radius 1 is 0.857 bits per heavy atom. The van der Waals surface area contributed by atoms with Crippen molar-refractivity contribution in [2.24, 2.45) is 0 Å².